The summed E-state index contributed by atoms with van der Waals surface area (Å²) in [5.41, 5.74) is 1.34. The van der Waals surface area contributed by atoms with Gasteiger partial charge in [-0.25, -0.2) is 0 Å². The second kappa shape index (κ2) is 6.17. The minimum atomic E-state index is 0.442. The molecule has 2 nitrogen and oxygen atoms in total. The van der Waals surface area contributed by atoms with Crippen molar-refractivity contribution in [3.8, 4) is 5.75 Å². The summed E-state index contributed by atoms with van der Waals surface area (Å²) in [6, 6.07) is 9.56. The van der Waals surface area contributed by atoms with Gasteiger partial charge in [-0.1, -0.05) is 44.4 Å². The van der Waals surface area contributed by atoms with Crippen molar-refractivity contribution in [1.82, 2.24) is 5.32 Å². The van der Waals surface area contributed by atoms with Crippen molar-refractivity contribution >= 4 is 0 Å². The van der Waals surface area contributed by atoms with Crippen LogP contribution in [0.3, 0.4) is 0 Å². The molecule has 1 aliphatic heterocycles. The largest absolute Gasteiger partial charge is 0.493 e. The molecule has 0 aromatic heterocycles. The highest BCUT2D eigenvalue weighted by Gasteiger charge is 2.30. The molecule has 110 valence electrons. The smallest absolute Gasteiger partial charge is 0.124 e. The second-order valence-electron chi connectivity index (χ2n) is 6.66. The third-order valence-corrected chi connectivity index (χ3v) is 5.12. The van der Waals surface area contributed by atoms with Crippen molar-refractivity contribution in [2.45, 2.75) is 58.0 Å². The Hall–Kier alpha value is -1.02. The van der Waals surface area contributed by atoms with Crippen LogP contribution in [-0.4, -0.2) is 12.6 Å². The molecule has 0 bridgehead atoms. The Morgan fingerprint density at radius 1 is 1.15 bits per heavy atom. The van der Waals surface area contributed by atoms with Gasteiger partial charge in [-0.05, 0) is 31.7 Å². The number of rotatable bonds is 3. The summed E-state index contributed by atoms with van der Waals surface area (Å²) in [5.74, 6) is 2.46. The molecule has 1 N–H and O–H groups in total. The Morgan fingerprint density at radius 3 is 2.70 bits per heavy atom. The molecule has 0 radical (unpaired) electrons. The number of nitrogens with one attached hydrogen (secondary N) is 1. The van der Waals surface area contributed by atoms with E-state index in [0.29, 0.717) is 18.0 Å². The molecular weight excluding hydrogens is 246 g/mol. The van der Waals surface area contributed by atoms with Crippen LogP contribution in [0.4, 0.5) is 0 Å². The average molecular weight is 273 g/mol. The van der Waals surface area contributed by atoms with Crippen LogP contribution in [0.25, 0.3) is 0 Å². The molecule has 20 heavy (non-hydrogen) atoms. The van der Waals surface area contributed by atoms with Gasteiger partial charge in [0.2, 0.25) is 0 Å². The van der Waals surface area contributed by atoms with Crippen LogP contribution in [0, 0.1) is 11.8 Å². The molecule has 1 aliphatic carbocycles. The maximum Gasteiger partial charge on any atom is 0.124 e. The lowest BCUT2D eigenvalue weighted by molar-refractivity contribution is 0.165. The van der Waals surface area contributed by atoms with Gasteiger partial charge in [0.25, 0.3) is 0 Å². The van der Waals surface area contributed by atoms with Crippen LogP contribution in [0.5, 0.6) is 5.75 Å². The maximum atomic E-state index is 5.85. The Kier molecular flexibility index (Phi) is 4.30. The van der Waals surface area contributed by atoms with E-state index in [0.717, 1.165) is 18.3 Å². The van der Waals surface area contributed by atoms with E-state index in [1.165, 1.54) is 37.7 Å². The minimum Gasteiger partial charge on any atom is -0.493 e. The Labute approximate surface area is 122 Å². The molecule has 1 aromatic carbocycles. The number of para-hydroxylation sites is 1. The second-order valence-corrected chi connectivity index (χ2v) is 6.66. The Morgan fingerprint density at radius 2 is 1.90 bits per heavy atom. The minimum absolute atomic E-state index is 0.442. The van der Waals surface area contributed by atoms with E-state index in [2.05, 4.69) is 43.4 Å². The predicted molar refractivity (Wildman–Crippen MR) is 83.0 cm³/mol. The highest BCUT2D eigenvalue weighted by atomic mass is 16.5. The standard InChI is InChI=1S/C18H27NO/c1-13-12-20-17-11-7-6-10-16(17)18(13)19-14(2)15-8-4-3-5-9-15/h6-7,10-11,13-15,18-19H,3-5,8-9,12H2,1-2H3/t13?,14-,18?/m1/s1. The molecular formula is C18H27NO. The fraction of sp³-hybridized carbons (Fsp3) is 0.667. The monoisotopic (exact) mass is 273 g/mol. The van der Waals surface area contributed by atoms with Gasteiger partial charge >= 0.3 is 0 Å². The molecule has 0 spiro atoms. The first-order valence-corrected chi connectivity index (χ1v) is 8.23. The van der Waals surface area contributed by atoms with Crippen LogP contribution in [0.1, 0.15) is 57.6 Å². The lowest BCUT2D eigenvalue weighted by Gasteiger charge is -2.37. The number of hydrogen-bond donors (Lipinski definition) is 1. The zero-order valence-corrected chi connectivity index (χ0v) is 12.8. The number of benzene rings is 1. The van der Waals surface area contributed by atoms with E-state index in [-0.39, 0.29) is 0 Å². The highest BCUT2D eigenvalue weighted by molar-refractivity contribution is 5.38. The van der Waals surface area contributed by atoms with E-state index in [4.69, 9.17) is 4.74 Å². The highest BCUT2D eigenvalue weighted by Crippen LogP contribution is 2.36. The van der Waals surface area contributed by atoms with Gasteiger partial charge in [0.05, 0.1) is 6.61 Å². The number of hydrogen-bond acceptors (Lipinski definition) is 2. The van der Waals surface area contributed by atoms with Crippen molar-refractivity contribution in [1.29, 1.82) is 0 Å². The zero-order valence-electron chi connectivity index (χ0n) is 12.8. The summed E-state index contributed by atoms with van der Waals surface area (Å²) in [6.07, 6.45) is 7.05. The fourth-order valence-corrected chi connectivity index (χ4v) is 3.80. The SMILES string of the molecule is CC1COc2ccccc2C1N[C@H](C)C1CCCCC1. The zero-order chi connectivity index (χ0) is 13.9. The first-order chi connectivity index (χ1) is 9.75. The molecule has 3 rings (SSSR count). The first-order valence-electron chi connectivity index (χ1n) is 8.23. The van der Waals surface area contributed by atoms with Crippen LogP contribution in [-0.2, 0) is 0 Å². The van der Waals surface area contributed by atoms with Crippen LogP contribution < -0.4 is 10.1 Å². The van der Waals surface area contributed by atoms with Crippen LogP contribution in [0.15, 0.2) is 24.3 Å². The molecule has 0 saturated heterocycles. The van der Waals surface area contributed by atoms with Gasteiger partial charge in [-0.3, -0.25) is 0 Å². The quantitative estimate of drug-likeness (QED) is 0.886. The average Bonchev–Trinajstić information content (AvgIpc) is 2.51. The molecule has 2 aliphatic rings. The van der Waals surface area contributed by atoms with Gasteiger partial charge in [-0.2, -0.15) is 0 Å². The predicted octanol–water partition coefficient (Wildman–Crippen LogP) is 4.31. The fourth-order valence-electron chi connectivity index (χ4n) is 3.80. The third kappa shape index (κ3) is 2.85. The molecule has 0 amide bonds. The molecule has 1 heterocycles. The van der Waals surface area contributed by atoms with Crippen LogP contribution in [0.2, 0.25) is 0 Å². The lowest BCUT2D eigenvalue weighted by atomic mass is 9.83. The summed E-state index contributed by atoms with van der Waals surface area (Å²) < 4.78 is 5.85. The molecule has 2 heteroatoms. The summed E-state index contributed by atoms with van der Waals surface area (Å²) in [7, 11) is 0. The van der Waals surface area contributed by atoms with Gasteiger partial charge in [-0.15, -0.1) is 0 Å². The van der Waals surface area contributed by atoms with Crippen molar-refractivity contribution in [2.24, 2.45) is 11.8 Å². The summed E-state index contributed by atoms with van der Waals surface area (Å²) in [4.78, 5) is 0. The lowest BCUT2D eigenvalue weighted by Crippen LogP contribution is -2.42. The van der Waals surface area contributed by atoms with E-state index >= 15 is 0 Å². The van der Waals surface area contributed by atoms with Crippen molar-refractivity contribution in [3.63, 3.8) is 0 Å². The summed E-state index contributed by atoms with van der Waals surface area (Å²) in [5, 5.41) is 3.91. The third-order valence-electron chi connectivity index (χ3n) is 5.12. The number of ether oxygens (including phenoxy) is 1. The maximum absolute atomic E-state index is 5.85. The van der Waals surface area contributed by atoms with Gasteiger partial charge in [0.15, 0.2) is 0 Å². The Bertz CT molecular complexity index is 439. The molecule has 3 atom stereocenters. The van der Waals surface area contributed by atoms with E-state index in [1.807, 2.05) is 0 Å². The summed E-state index contributed by atoms with van der Waals surface area (Å²) >= 11 is 0. The van der Waals surface area contributed by atoms with E-state index in [1.54, 1.807) is 0 Å². The molecule has 1 fully saturated rings. The van der Waals surface area contributed by atoms with Gasteiger partial charge < -0.3 is 10.1 Å². The topological polar surface area (TPSA) is 21.3 Å². The van der Waals surface area contributed by atoms with Crippen molar-refractivity contribution in [3.05, 3.63) is 29.8 Å². The molecule has 1 saturated carbocycles. The van der Waals surface area contributed by atoms with E-state index in [9.17, 15) is 0 Å². The molecule has 2 unspecified atom stereocenters. The van der Waals surface area contributed by atoms with Crippen LogP contribution >= 0.6 is 0 Å². The van der Waals surface area contributed by atoms with Crippen molar-refractivity contribution < 1.29 is 4.74 Å². The van der Waals surface area contributed by atoms with Gasteiger partial charge in [0, 0.05) is 23.6 Å². The van der Waals surface area contributed by atoms with Gasteiger partial charge in [0.1, 0.15) is 5.75 Å². The van der Waals surface area contributed by atoms with Crippen molar-refractivity contribution in [2.75, 3.05) is 6.61 Å². The number of fused-ring (bicyclic) bond motifs is 1. The Balaban J connectivity index is 1.72. The summed E-state index contributed by atoms with van der Waals surface area (Å²) in [6.45, 7) is 5.49. The molecule has 1 aromatic rings. The first kappa shape index (κ1) is 13.9. The van der Waals surface area contributed by atoms with E-state index < -0.39 is 0 Å². The normalized spacial score (nSPS) is 28.5.